The van der Waals surface area contributed by atoms with Crippen molar-refractivity contribution >= 4 is 11.7 Å². The summed E-state index contributed by atoms with van der Waals surface area (Å²) >= 11 is 0. The molecule has 0 fully saturated rings. The molecule has 4 heteroatoms. The Labute approximate surface area is 120 Å². The van der Waals surface area contributed by atoms with Crippen LogP contribution in [0.2, 0.25) is 0 Å². The minimum atomic E-state index is -0.623. The number of nitrogens with zero attached hydrogens (tertiary/aromatic N) is 1. The number of rotatable bonds is 4. The minimum absolute atomic E-state index is 0.276. The summed E-state index contributed by atoms with van der Waals surface area (Å²) < 4.78 is 4.70. The van der Waals surface area contributed by atoms with Crippen molar-refractivity contribution in [1.29, 1.82) is 0 Å². The Bertz CT molecular complexity index is 487. The Morgan fingerprint density at radius 1 is 1.50 bits per heavy atom. The fraction of sp³-hybridized carbons (Fsp3) is 0.562. The van der Waals surface area contributed by atoms with Gasteiger partial charge in [0.05, 0.1) is 19.1 Å². The lowest BCUT2D eigenvalue weighted by Crippen LogP contribution is -2.24. The summed E-state index contributed by atoms with van der Waals surface area (Å²) in [5, 5.41) is 10.3. The van der Waals surface area contributed by atoms with Crippen LogP contribution < -0.4 is 4.90 Å². The smallest absolute Gasteiger partial charge is 0.308 e. The van der Waals surface area contributed by atoms with Crippen LogP contribution in [0.25, 0.3) is 0 Å². The number of hydrogen-bond acceptors (Lipinski definition) is 4. The van der Waals surface area contributed by atoms with Crippen molar-refractivity contribution < 1.29 is 14.6 Å². The van der Waals surface area contributed by atoms with Gasteiger partial charge in [0.1, 0.15) is 0 Å². The van der Waals surface area contributed by atoms with Gasteiger partial charge >= 0.3 is 5.97 Å². The highest BCUT2D eigenvalue weighted by Gasteiger charge is 2.21. The molecule has 1 aromatic rings. The van der Waals surface area contributed by atoms with Gasteiger partial charge in [-0.25, -0.2) is 0 Å². The Morgan fingerprint density at radius 2 is 2.25 bits per heavy atom. The summed E-state index contributed by atoms with van der Waals surface area (Å²) in [6, 6.07) is 6.09. The van der Waals surface area contributed by atoms with E-state index in [0.29, 0.717) is 6.42 Å². The van der Waals surface area contributed by atoms with E-state index in [1.165, 1.54) is 18.4 Å². The van der Waals surface area contributed by atoms with Crippen LogP contribution in [0.1, 0.15) is 37.0 Å². The predicted molar refractivity (Wildman–Crippen MR) is 78.8 cm³/mol. The molecule has 2 rings (SSSR count). The van der Waals surface area contributed by atoms with Gasteiger partial charge in [0.15, 0.2) is 0 Å². The monoisotopic (exact) mass is 277 g/mol. The molecule has 0 saturated carbocycles. The fourth-order valence-corrected chi connectivity index (χ4v) is 2.78. The molecule has 0 amide bonds. The van der Waals surface area contributed by atoms with Crippen LogP contribution in [-0.2, 0) is 16.0 Å². The largest absolute Gasteiger partial charge is 0.469 e. The molecular formula is C16H23NO3. The van der Waals surface area contributed by atoms with Crippen molar-refractivity contribution in [2.45, 2.75) is 32.3 Å². The SMILES string of the molecule is COC(=O)C(C)CC(O)c1ccc2c(c1)CCCN2C. The number of ether oxygens (including phenoxy) is 1. The van der Waals surface area contributed by atoms with E-state index < -0.39 is 6.10 Å². The molecular weight excluding hydrogens is 254 g/mol. The molecule has 4 nitrogen and oxygen atoms in total. The quantitative estimate of drug-likeness (QED) is 0.858. The summed E-state index contributed by atoms with van der Waals surface area (Å²) in [6.45, 7) is 2.86. The van der Waals surface area contributed by atoms with E-state index in [1.807, 2.05) is 6.07 Å². The number of fused-ring (bicyclic) bond motifs is 1. The molecule has 2 atom stereocenters. The maximum absolute atomic E-state index is 11.4. The number of aryl methyl sites for hydroxylation is 1. The molecule has 1 N–H and O–H groups in total. The molecule has 110 valence electrons. The molecule has 20 heavy (non-hydrogen) atoms. The molecule has 0 bridgehead atoms. The van der Waals surface area contributed by atoms with Gasteiger partial charge in [-0.2, -0.15) is 0 Å². The molecule has 1 aliphatic rings. The molecule has 0 aliphatic carbocycles. The summed E-state index contributed by atoms with van der Waals surface area (Å²) in [7, 11) is 3.47. The van der Waals surface area contributed by atoms with Gasteiger partial charge in [-0.15, -0.1) is 0 Å². The first-order valence-electron chi connectivity index (χ1n) is 7.12. The molecule has 1 aromatic carbocycles. The standard InChI is InChI=1S/C16H23NO3/c1-11(16(19)20-3)9-15(18)13-6-7-14-12(10-13)5-4-8-17(14)2/h6-7,10-11,15,18H,4-5,8-9H2,1-3H3. The normalized spacial score (nSPS) is 17.3. The zero-order valence-electron chi connectivity index (χ0n) is 12.4. The summed E-state index contributed by atoms with van der Waals surface area (Å²) in [4.78, 5) is 13.7. The van der Waals surface area contributed by atoms with Crippen molar-refractivity contribution in [3.63, 3.8) is 0 Å². The number of hydrogen-bond donors (Lipinski definition) is 1. The number of esters is 1. The third-order valence-electron chi connectivity index (χ3n) is 4.02. The van der Waals surface area contributed by atoms with E-state index in [-0.39, 0.29) is 11.9 Å². The Balaban J connectivity index is 2.11. The molecule has 0 aromatic heterocycles. The average molecular weight is 277 g/mol. The first-order valence-corrected chi connectivity index (χ1v) is 7.12. The van der Waals surface area contributed by atoms with Gasteiger partial charge in [0.2, 0.25) is 0 Å². The van der Waals surface area contributed by atoms with Crippen molar-refractivity contribution in [3.8, 4) is 0 Å². The van der Waals surface area contributed by atoms with Gasteiger partial charge in [-0.3, -0.25) is 4.79 Å². The highest BCUT2D eigenvalue weighted by Crippen LogP contribution is 2.30. The number of aliphatic hydroxyl groups is 1. The number of carbonyl (C=O) groups excluding carboxylic acids is 1. The summed E-state index contributed by atoms with van der Waals surface area (Å²) in [5.41, 5.74) is 3.41. The third-order valence-corrected chi connectivity index (χ3v) is 4.02. The molecule has 0 saturated heterocycles. The van der Waals surface area contributed by atoms with Crippen molar-refractivity contribution in [3.05, 3.63) is 29.3 Å². The second-order valence-corrected chi connectivity index (χ2v) is 5.59. The maximum Gasteiger partial charge on any atom is 0.308 e. The van der Waals surface area contributed by atoms with E-state index in [2.05, 4.69) is 24.1 Å². The van der Waals surface area contributed by atoms with Gasteiger partial charge < -0.3 is 14.7 Å². The lowest BCUT2D eigenvalue weighted by molar-refractivity contribution is -0.145. The molecule has 0 radical (unpaired) electrons. The van der Waals surface area contributed by atoms with Crippen LogP contribution in [0.5, 0.6) is 0 Å². The summed E-state index contributed by atoms with van der Waals surface area (Å²) in [6.07, 6.45) is 1.96. The lowest BCUT2D eigenvalue weighted by Gasteiger charge is -2.28. The second-order valence-electron chi connectivity index (χ2n) is 5.59. The van der Waals surface area contributed by atoms with Gasteiger partial charge in [-0.05, 0) is 36.5 Å². The van der Waals surface area contributed by atoms with Crippen molar-refractivity contribution in [1.82, 2.24) is 0 Å². The average Bonchev–Trinajstić information content (AvgIpc) is 2.46. The zero-order chi connectivity index (χ0) is 14.7. The van der Waals surface area contributed by atoms with Crippen LogP contribution >= 0.6 is 0 Å². The summed E-state index contributed by atoms with van der Waals surface area (Å²) in [5.74, 6) is -0.574. The fourth-order valence-electron chi connectivity index (χ4n) is 2.78. The Hall–Kier alpha value is -1.55. The predicted octanol–water partition coefficient (Wildman–Crippen LogP) is 2.30. The van der Waals surface area contributed by atoms with Crippen molar-refractivity contribution in [2.24, 2.45) is 5.92 Å². The Morgan fingerprint density at radius 3 is 2.95 bits per heavy atom. The first-order chi connectivity index (χ1) is 9.52. The highest BCUT2D eigenvalue weighted by molar-refractivity contribution is 5.71. The first kappa shape index (κ1) is 14.9. The number of aliphatic hydroxyl groups excluding tert-OH is 1. The minimum Gasteiger partial charge on any atom is -0.469 e. The molecule has 1 aliphatic heterocycles. The topological polar surface area (TPSA) is 49.8 Å². The van der Waals surface area contributed by atoms with E-state index in [0.717, 1.165) is 24.9 Å². The van der Waals surface area contributed by atoms with E-state index >= 15 is 0 Å². The number of methoxy groups -OCH3 is 1. The maximum atomic E-state index is 11.4. The van der Waals surface area contributed by atoms with Crippen LogP contribution in [0.15, 0.2) is 18.2 Å². The van der Waals surface area contributed by atoms with Crippen molar-refractivity contribution in [2.75, 3.05) is 25.6 Å². The molecule has 0 spiro atoms. The zero-order valence-corrected chi connectivity index (χ0v) is 12.4. The van der Waals surface area contributed by atoms with E-state index in [4.69, 9.17) is 4.74 Å². The third kappa shape index (κ3) is 3.12. The lowest BCUT2D eigenvalue weighted by atomic mass is 9.94. The van der Waals surface area contributed by atoms with E-state index in [9.17, 15) is 9.90 Å². The number of carbonyl (C=O) groups is 1. The Kier molecular flexibility index (Phi) is 4.65. The molecule has 2 unspecified atom stereocenters. The molecule has 1 heterocycles. The van der Waals surface area contributed by atoms with Crippen LogP contribution in [-0.4, -0.2) is 31.8 Å². The van der Waals surface area contributed by atoms with Crippen LogP contribution in [0.4, 0.5) is 5.69 Å². The van der Waals surface area contributed by atoms with E-state index in [1.54, 1.807) is 6.92 Å². The van der Waals surface area contributed by atoms with Crippen LogP contribution in [0, 0.1) is 5.92 Å². The second kappa shape index (κ2) is 6.27. The van der Waals surface area contributed by atoms with Crippen LogP contribution in [0.3, 0.4) is 0 Å². The highest BCUT2D eigenvalue weighted by atomic mass is 16.5. The number of benzene rings is 1. The van der Waals surface area contributed by atoms with Gasteiger partial charge in [0, 0.05) is 19.3 Å². The van der Waals surface area contributed by atoms with Gasteiger partial charge in [-0.1, -0.05) is 19.1 Å². The number of anilines is 1. The van der Waals surface area contributed by atoms with Gasteiger partial charge in [0.25, 0.3) is 0 Å².